The van der Waals surface area contributed by atoms with Crippen molar-refractivity contribution in [2.24, 2.45) is 0 Å². The molecule has 3 aromatic rings. The number of nitriles is 1. The van der Waals surface area contributed by atoms with Gasteiger partial charge in [0.05, 0.1) is 30.4 Å². The SMILES string of the molecule is Cc1nn(CCC#N)c(C)c1CCC(=O)Nc1ccccc1Oc1ccccc1. The number of anilines is 1. The molecule has 3 rings (SSSR count). The lowest BCUT2D eigenvalue weighted by molar-refractivity contribution is -0.116. The molecule has 0 saturated carbocycles. The third kappa shape index (κ3) is 5.23. The summed E-state index contributed by atoms with van der Waals surface area (Å²) < 4.78 is 7.74. The van der Waals surface area contributed by atoms with Crippen molar-refractivity contribution in [1.82, 2.24) is 9.78 Å². The molecule has 0 atom stereocenters. The lowest BCUT2D eigenvalue weighted by Crippen LogP contribution is -2.13. The summed E-state index contributed by atoms with van der Waals surface area (Å²) in [7, 11) is 0. The zero-order valence-corrected chi connectivity index (χ0v) is 16.7. The molecule has 0 bridgehead atoms. The Balaban J connectivity index is 1.64. The van der Waals surface area contributed by atoms with Crippen LogP contribution in [-0.4, -0.2) is 15.7 Å². The molecular formula is C23H24N4O2. The molecule has 1 amide bonds. The second-order valence-electron chi connectivity index (χ2n) is 6.74. The van der Waals surface area contributed by atoms with E-state index < -0.39 is 0 Å². The number of carbonyl (C=O) groups is 1. The fourth-order valence-electron chi connectivity index (χ4n) is 3.20. The average molecular weight is 388 g/mol. The summed E-state index contributed by atoms with van der Waals surface area (Å²) in [6.07, 6.45) is 1.35. The van der Waals surface area contributed by atoms with Gasteiger partial charge in [-0.05, 0) is 50.1 Å². The van der Waals surface area contributed by atoms with Crippen LogP contribution in [0.5, 0.6) is 11.5 Å². The molecule has 2 aromatic carbocycles. The van der Waals surface area contributed by atoms with Crippen molar-refractivity contribution in [3.8, 4) is 17.6 Å². The summed E-state index contributed by atoms with van der Waals surface area (Å²) in [4.78, 5) is 12.6. The van der Waals surface area contributed by atoms with Crippen LogP contribution in [0, 0.1) is 25.2 Å². The molecule has 0 radical (unpaired) electrons. The number of aromatic nitrogens is 2. The Hall–Kier alpha value is -3.59. The summed E-state index contributed by atoms with van der Waals surface area (Å²) in [5.41, 5.74) is 3.62. The minimum Gasteiger partial charge on any atom is -0.455 e. The Labute approximate surface area is 170 Å². The summed E-state index contributed by atoms with van der Waals surface area (Å²) in [6, 6.07) is 19.0. The lowest BCUT2D eigenvalue weighted by atomic mass is 10.1. The number of ether oxygens (including phenoxy) is 1. The molecule has 1 heterocycles. The number of benzene rings is 2. The smallest absolute Gasteiger partial charge is 0.224 e. The fraction of sp³-hybridized carbons (Fsp3) is 0.261. The fourth-order valence-corrected chi connectivity index (χ4v) is 3.20. The van der Waals surface area contributed by atoms with Gasteiger partial charge in [-0.15, -0.1) is 0 Å². The van der Waals surface area contributed by atoms with E-state index in [1.807, 2.05) is 73.1 Å². The number of nitrogens with one attached hydrogen (secondary N) is 1. The predicted molar refractivity (Wildman–Crippen MR) is 112 cm³/mol. The first kappa shape index (κ1) is 20.2. The minimum absolute atomic E-state index is 0.0855. The van der Waals surface area contributed by atoms with Gasteiger partial charge < -0.3 is 10.1 Å². The van der Waals surface area contributed by atoms with Crippen molar-refractivity contribution in [2.45, 2.75) is 39.7 Å². The zero-order valence-electron chi connectivity index (χ0n) is 16.7. The van der Waals surface area contributed by atoms with E-state index in [9.17, 15) is 4.79 Å². The van der Waals surface area contributed by atoms with Gasteiger partial charge in [-0.1, -0.05) is 30.3 Å². The van der Waals surface area contributed by atoms with E-state index in [1.165, 1.54) is 0 Å². The molecule has 0 spiro atoms. The Bertz CT molecular complexity index is 1020. The normalized spacial score (nSPS) is 10.4. The Kier molecular flexibility index (Phi) is 6.64. The minimum atomic E-state index is -0.0855. The number of nitrogens with zero attached hydrogens (tertiary/aromatic N) is 3. The summed E-state index contributed by atoms with van der Waals surface area (Å²) in [5, 5.41) is 16.2. The molecule has 0 unspecified atom stereocenters. The first-order valence-corrected chi connectivity index (χ1v) is 9.60. The molecule has 6 nitrogen and oxygen atoms in total. The maximum atomic E-state index is 12.6. The highest BCUT2D eigenvalue weighted by Gasteiger charge is 2.14. The van der Waals surface area contributed by atoms with Crippen LogP contribution in [0.1, 0.15) is 29.8 Å². The maximum Gasteiger partial charge on any atom is 0.224 e. The van der Waals surface area contributed by atoms with Crippen LogP contribution < -0.4 is 10.1 Å². The van der Waals surface area contributed by atoms with Crippen LogP contribution in [0.15, 0.2) is 54.6 Å². The van der Waals surface area contributed by atoms with Gasteiger partial charge in [-0.3, -0.25) is 9.48 Å². The number of amides is 1. The van der Waals surface area contributed by atoms with Crippen molar-refractivity contribution >= 4 is 11.6 Å². The second-order valence-corrected chi connectivity index (χ2v) is 6.74. The standard InChI is InChI=1S/C23H24N4O2/c1-17-20(18(2)27(26-17)16-8-15-24)13-14-23(28)25-21-11-6-7-12-22(21)29-19-9-4-3-5-10-19/h3-7,9-12H,8,13-14,16H2,1-2H3,(H,25,28). The largest absolute Gasteiger partial charge is 0.455 e. The van der Waals surface area contributed by atoms with Crippen LogP contribution in [0.25, 0.3) is 0 Å². The highest BCUT2D eigenvalue weighted by atomic mass is 16.5. The molecule has 0 fully saturated rings. The Morgan fingerprint density at radius 3 is 2.62 bits per heavy atom. The van der Waals surface area contributed by atoms with Crippen molar-refractivity contribution in [3.63, 3.8) is 0 Å². The summed E-state index contributed by atoms with van der Waals surface area (Å²) >= 11 is 0. The van der Waals surface area contributed by atoms with Gasteiger partial charge in [0, 0.05) is 12.1 Å². The van der Waals surface area contributed by atoms with Gasteiger partial charge in [-0.2, -0.15) is 10.4 Å². The molecule has 148 valence electrons. The van der Waals surface area contributed by atoms with Crippen LogP contribution in [-0.2, 0) is 17.8 Å². The van der Waals surface area contributed by atoms with Crippen LogP contribution in [0.2, 0.25) is 0 Å². The molecule has 0 aliphatic carbocycles. The monoisotopic (exact) mass is 388 g/mol. The summed E-state index contributed by atoms with van der Waals surface area (Å²) in [6.45, 7) is 4.49. The first-order valence-electron chi connectivity index (χ1n) is 9.60. The number of carbonyl (C=O) groups excluding carboxylic acids is 1. The van der Waals surface area contributed by atoms with Crippen molar-refractivity contribution in [1.29, 1.82) is 5.26 Å². The first-order chi connectivity index (χ1) is 14.1. The number of rotatable bonds is 8. The van der Waals surface area contributed by atoms with E-state index in [1.54, 1.807) is 0 Å². The topological polar surface area (TPSA) is 79.9 Å². The Morgan fingerprint density at radius 2 is 1.86 bits per heavy atom. The molecule has 0 aliphatic rings. The van der Waals surface area contributed by atoms with Gasteiger partial charge in [0.1, 0.15) is 5.75 Å². The third-order valence-electron chi connectivity index (χ3n) is 4.70. The van der Waals surface area contributed by atoms with Crippen molar-refractivity contribution in [2.75, 3.05) is 5.32 Å². The van der Waals surface area contributed by atoms with E-state index >= 15 is 0 Å². The average Bonchev–Trinajstić information content (AvgIpc) is 3.00. The van der Waals surface area contributed by atoms with Crippen molar-refractivity contribution < 1.29 is 9.53 Å². The quantitative estimate of drug-likeness (QED) is 0.602. The Morgan fingerprint density at radius 1 is 1.14 bits per heavy atom. The summed E-state index contributed by atoms with van der Waals surface area (Å²) in [5.74, 6) is 1.23. The molecular weight excluding hydrogens is 364 g/mol. The van der Waals surface area contributed by atoms with Gasteiger partial charge in [0.25, 0.3) is 0 Å². The lowest BCUT2D eigenvalue weighted by Gasteiger charge is -2.12. The highest BCUT2D eigenvalue weighted by molar-refractivity contribution is 5.92. The molecule has 0 saturated heterocycles. The highest BCUT2D eigenvalue weighted by Crippen LogP contribution is 2.29. The van der Waals surface area contributed by atoms with E-state index in [0.29, 0.717) is 43.0 Å². The van der Waals surface area contributed by atoms with Crippen molar-refractivity contribution in [3.05, 3.63) is 71.5 Å². The van der Waals surface area contributed by atoms with E-state index in [-0.39, 0.29) is 5.91 Å². The number of hydrogen-bond donors (Lipinski definition) is 1. The maximum absolute atomic E-state index is 12.6. The van der Waals surface area contributed by atoms with Gasteiger partial charge in [-0.25, -0.2) is 0 Å². The van der Waals surface area contributed by atoms with Crippen LogP contribution in [0.4, 0.5) is 5.69 Å². The van der Waals surface area contributed by atoms with Gasteiger partial charge >= 0.3 is 0 Å². The van der Waals surface area contributed by atoms with E-state index in [4.69, 9.17) is 10.00 Å². The molecule has 0 aliphatic heterocycles. The van der Waals surface area contributed by atoms with E-state index in [0.717, 1.165) is 17.0 Å². The second kappa shape index (κ2) is 9.56. The van der Waals surface area contributed by atoms with E-state index in [2.05, 4.69) is 16.5 Å². The zero-order chi connectivity index (χ0) is 20.6. The van der Waals surface area contributed by atoms with Gasteiger partial charge in [0.2, 0.25) is 5.91 Å². The third-order valence-corrected chi connectivity index (χ3v) is 4.70. The molecule has 1 N–H and O–H groups in total. The van der Waals surface area contributed by atoms with Crippen LogP contribution in [0.3, 0.4) is 0 Å². The number of aryl methyl sites for hydroxylation is 2. The van der Waals surface area contributed by atoms with Gasteiger partial charge in [0.15, 0.2) is 5.75 Å². The molecule has 1 aromatic heterocycles. The molecule has 29 heavy (non-hydrogen) atoms. The predicted octanol–water partition coefficient (Wildman–Crippen LogP) is 4.78. The van der Waals surface area contributed by atoms with Crippen LogP contribution >= 0.6 is 0 Å². The number of para-hydroxylation sites is 3. The number of hydrogen-bond acceptors (Lipinski definition) is 4. The molecule has 6 heteroatoms.